The third-order valence-corrected chi connectivity index (χ3v) is 3.23. The lowest BCUT2D eigenvalue weighted by Gasteiger charge is -2.13. The van der Waals surface area contributed by atoms with Gasteiger partial charge in [-0.3, -0.25) is 4.79 Å². The summed E-state index contributed by atoms with van der Waals surface area (Å²) in [4.78, 5) is 11.8. The first kappa shape index (κ1) is 11.0. The van der Waals surface area contributed by atoms with E-state index in [1.54, 1.807) is 0 Å². The minimum atomic E-state index is 0.0785. The topological polar surface area (TPSA) is 50.4 Å². The van der Waals surface area contributed by atoms with Crippen molar-refractivity contribution < 1.29 is 9.53 Å². The Kier molecular flexibility index (Phi) is 3.72. The predicted molar refractivity (Wildman–Crippen MR) is 57.8 cm³/mol. The van der Waals surface area contributed by atoms with Gasteiger partial charge in [-0.15, -0.1) is 0 Å². The summed E-state index contributed by atoms with van der Waals surface area (Å²) in [6.07, 6.45) is 2.02. The zero-order chi connectivity index (χ0) is 10.7. The Labute approximate surface area is 90.8 Å². The molecule has 4 heteroatoms. The van der Waals surface area contributed by atoms with Crippen molar-refractivity contribution in [3.63, 3.8) is 0 Å². The molecule has 4 nitrogen and oxygen atoms in total. The van der Waals surface area contributed by atoms with Crippen molar-refractivity contribution in [3.8, 4) is 0 Å². The summed E-state index contributed by atoms with van der Waals surface area (Å²) in [5.74, 6) is 0.931. The first-order valence-electron chi connectivity index (χ1n) is 5.83. The zero-order valence-electron chi connectivity index (χ0n) is 9.29. The van der Waals surface area contributed by atoms with E-state index in [1.165, 1.54) is 0 Å². The molecule has 0 bridgehead atoms. The number of ether oxygens (including phenoxy) is 1. The number of Topliss-reactive ketones (excluding diaryl/α,β-unsaturated/α-hetero) is 1. The van der Waals surface area contributed by atoms with Crippen molar-refractivity contribution in [2.24, 2.45) is 5.92 Å². The summed E-state index contributed by atoms with van der Waals surface area (Å²) in [5.41, 5.74) is 0. The smallest absolute Gasteiger partial charge is 0.163 e. The minimum Gasteiger partial charge on any atom is -0.380 e. The fourth-order valence-corrected chi connectivity index (χ4v) is 2.22. The van der Waals surface area contributed by atoms with Gasteiger partial charge >= 0.3 is 0 Å². The third kappa shape index (κ3) is 3.00. The summed E-state index contributed by atoms with van der Waals surface area (Å²) in [6, 6.07) is 0.461. The van der Waals surface area contributed by atoms with Gasteiger partial charge in [0.15, 0.2) is 5.78 Å². The molecule has 86 valence electrons. The number of hydrogen-bond donors (Lipinski definition) is 2. The van der Waals surface area contributed by atoms with Crippen LogP contribution in [-0.4, -0.2) is 44.2 Å². The van der Waals surface area contributed by atoms with Gasteiger partial charge < -0.3 is 15.4 Å². The van der Waals surface area contributed by atoms with Crippen LogP contribution in [0, 0.1) is 5.92 Å². The predicted octanol–water partition coefficient (Wildman–Crippen LogP) is -0.0680. The number of ketones is 1. The van der Waals surface area contributed by atoms with Crippen molar-refractivity contribution in [1.82, 2.24) is 10.6 Å². The van der Waals surface area contributed by atoms with Crippen LogP contribution in [-0.2, 0) is 9.53 Å². The number of nitrogens with one attached hydrogen (secondary N) is 2. The number of carbonyl (C=O) groups excluding carboxylic acids is 1. The van der Waals surface area contributed by atoms with Gasteiger partial charge in [-0.05, 0) is 25.3 Å². The van der Waals surface area contributed by atoms with Crippen molar-refractivity contribution in [2.45, 2.75) is 31.8 Å². The van der Waals surface area contributed by atoms with Crippen LogP contribution in [0.3, 0.4) is 0 Å². The number of carbonyl (C=O) groups is 1. The van der Waals surface area contributed by atoms with E-state index in [-0.39, 0.29) is 6.04 Å². The summed E-state index contributed by atoms with van der Waals surface area (Å²) in [7, 11) is 0. The molecule has 0 aromatic rings. The molecule has 0 aliphatic carbocycles. The SMILES string of the molecule is CC1CN[C@H](C(=O)CN[C@H]2CCOC2)C1. The quantitative estimate of drug-likeness (QED) is 0.685. The van der Waals surface area contributed by atoms with Gasteiger partial charge in [0.1, 0.15) is 0 Å². The van der Waals surface area contributed by atoms with Crippen molar-refractivity contribution in [3.05, 3.63) is 0 Å². The highest BCUT2D eigenvalue weighted by atomic mass is 16.5. The standard InChI is InChI=1S/C11H20N2O2/c1-8-4-10(13-5-8)11(14)6-12-9-2-3-15-7-9/h8-10,12-13H,2-7H2,1H3/t8?,9-,10-/m0/s1. The lowest BCUT2D eigenvalue weighted by Crippen LogP contribution is -2.41. The normalized spacial score (nSPS) is 35.9. The van der Waals surface area contributed by atoms with Crippen LogP contribution in [0.2, 0.25) is 0 Å². The Balaban J connectivity index is 1.67. The number of rotatable bonds is 4. The van der Waals surface area contributed by atoms with Gasteiger partial charge in [0, 0.05) is 12.6 Å². The molecule has 1 unspecified atom stereocenters. The van der Waals surface area contributed by atoms with E-state index in [0.29, 0.717) is 24.3 Å². The molecular weight excluding hydrogens is 192 g/mol. The van der Waals surface area contributed by atoms with Gasteiger partial charge in [0.05, 0.1) is 19.2 Å². The van der Waals surface area contributed by atoms with E-state index in [4.69, 9.17) is 4.74 Å². The van der Waals surface area contributed by atoms with Crippen LogP contribution >= 0.6 is 0 Å². The summed E-state index contributed by atoms with van der Waals surface area (Å²) >= 11 is 0. The summed E-state index contributed by atoms with van der Waals surface area (Å²) in [5, 5.41) is 6.52. The van der Waals surface area contributed by atoms with Crippen LogP contribution in [0.15, 0.2) is 0 Å². The minimum absolute atomic E-state index is 0.0785. The highest BCUT2D eigenvalue weighted by molar-refractivity contribution is 5.86. The molecule has 0 saturated carbocycles. The third-order valence-electron chi connectivity index (χ3n) is 3.23. The molecule has 3 atom stereocenters. The Morgan fingerprint density at radius 2 is 2.47 bits per heavy atom. The molecule has 2 heterocycles. The molecule has 2 saturated heterocycles. The van der Waals surface area contributed by atoms with Crippen LogP contribution in [0.25, 0.3) is 0 Å². The van der Waals surface area contributed by atoms with E-state index < -0.39 is 0 Å². The molecule has 2 N–H and O–H groups in total. The molecule has 0 aromatic heterocycles. The zero-order valence-corrected chi connectivity index (χ0v) is 9.29. The van der Waals surface area contributed by atoms with Crippen LogP contribution in [0.4, 0.5) is 0 Å². The molecule has 2 aliphatic heterocycles. The molecule has 0 aromatic carbocycles. The lowest BCUT2D eigenvalue weighted by molar-refractivity contribution is -0.120. The van der Waals surface area contributed by atoms with Crippen LogP contribution in [0.1, 0.15) is 19.8 Å². The van der Waals surface area contributed by atoms with Gasteiger partial charge in [0.25, 0.3) is 0 Å². The van der Waals surface area contributed by atoms with Gasteiger partial charge in [-0.1, -0.05) is 6.92 Å². The Morgan fingerprint density at radius 1 is 1.60 bits per heavy atom. The fourth-order valence-electron chi connectivity index (χ4n) is 2.22. The molecule has 2 rings (SSSR count). The first-order chi connectivity index (χ1) is 7.25. The second-order valence-corrected chi connectivity index (χ2v) is 4.71. The average Bonchev–Trinajstić information content (AvgIpc) is 2.84. The molecule has 15 heavy (non-hydrogen) atoms. The maximum absolute atomic E-state index is 11.8. The van der Waals surface area contributed by atoms with E-state index in [0.717, 1.165) is 32.6 Å². The summed E-state index contributed by atoms with van der Waals surface area (Å²) in [6.45, 7) is 5.21. The van der Waals surface area contributed by atoms with Crippen molar-refractivity contribution in [1.29, 1.82) is 0 Å². The van der Waals surface area contributed by atoms with E-state index in [2.05, 4.69) is 17.6 Å². The molecule has 2 aliphatic rings. The fraction of sp³-hybridized carbons (Fsp3) is 0.909. The molecule has 0 spiro atoms. The second-order valence-electron chi connectivity index (χ2n) is 4.71. The highest BCUT2D eigenvalue weighted by Crippen LogP contribution is 2.13. The maximum Gasteiger partial charge on any atom is 0.163 e. The van der Waals surface area contributed by atoms with Gasteiger partial charge in [-0.25, -0.2) is 0 Å². The van der Waals surface area contributed by atoms with Gasteiger partial charge in [0.2, 0.25) is 0 Å². The second kappa shape index (κ2) is 5.05. The first-order valence-corrected chi connectivity index (χ1v) is 5.83. The Bertz CT molecular complexity index is 227. The Hall–Kier alpha value is -0.450. The Morgan fingerprint density at radius 3 is 3.07 bits per heavy atom. The molecule has 2 fully saturated rings. The molecular formula is C11H20N2O2. The lowest BCUT2D eigenvalue weighted by atomic mass is 10.0. The largest absolute Gasteiger partial charge is 0.380 e. The number of hydrogen-bond acceptors (Lipinski definition) is 4. The van der Waals surface area contributed by atoms with Crippen molar-refractivity contribution >= 4 is 5.78 Å². The monoisotopic (exact) mass is 212 g/mol. The average molecular weight is 212 g/mol. The molecule has 0 amide bonds. The van der Waals surface area contributed by atoms with Crippen LogP contribution < -0.4 is 10.6 Å². The van der Waals surface area contributed by atoms with E-state index >= 15 is 0 Å². The van der Waals surface area contributed by atoms with Crippen LogP contribution in [0.5, 0.6) is 0 Å². The van der Waals surface area contributed by atoms with Gasteiger partial charge in [-0.2, -0.15) is 0 Å². The molecule has 0 radical (unpaired) electrons. The summed E-state index contributed by atoms with van der Waals surface area (Å²) < 4.78 is 5.24. The highest BCUT2D eigenvalue weighted by Gasteiger charge is 2.27. The van der Waals surface area contributed by atoms with E-state index in [1.807, 2.05) is 0 Å². The van der Waals surface area contributed by atoms with E-state index in [9.17, 15) is 4.79 Å². The maximum atomic E-state index is 11.8. The van der Waals surface area contributed by atoms with Crippen molar-refractivity contribution in [2.75, 3.05) is 26.3 Å².